The Morgan fingerprint density at radius 3 is 2.50 bits per heavy atom. The minimum absolute atomic E-state index is 0.132. The third-order valence-corrected chi connectivity index (χ3v) is 3.06. The highest BCUT2D eigenvalue weighted by Gasteiger charge is 2.17. The van der Waals surface area contributed by atoms with Gasteiger partial charge in [0.15, 0.2) is 5.78 Å². The summed E-state index contributed by atoms with van der Waals surface area (Å²) >= 11 is 0. The molecular formula is C16H17N3O3. The third kappa shape index (κ3) is 3.49. The quantitative estimate of drug-likeness (QED) is 0.325. The van der Waals surface area contributed by atoms with Crippen LogP contribution in [-0.2, 0) is 11.3 Å². The van der Waals surface area contributed by atoms with Crippen LogP contribution in [0.3, 0.4) is 0 Å². The molecule has 2 aromatic rings. The zero-order valence-corrected chi connectivity index (χ0v) is 11.9. The van der Waals surface area contributed by atoms with E-state index in [0.29, 0.717) is 17.8 Å². The van der Waals surface area contributed by atoms with Crippen LogP contribution < -0.4 is 21.9 Å². The van der Waals surface area contributed by atoms with Gasteiger partial charge in [0.1, 0.15) is 5.75 Å². The Balaban J connectivity index is 2.43. The summed E-state index contributed by atoms with van der Waals surface area (Å²) < 4.78 is 5.08. The molecule has 0 aromatic heterocycles. The molecule has 0 atom stereocenters. The summed E-state index contributed by atoms with van der Waals surface area (Å²) in [4.78, 5) is 24.0. The van der Waals surface area contributed by atoms with Gasteiger partial charge in [-0.1, -0.05) is 18.2 Å². The number of carbonyl (C=O) groups excluding carboxylic acids is 2. The lowest BCUT2D eigenvalue weighted by atomic mass is 10.00. The molecule has 2 rings (SSSR count). The van der Waals surface area contributed by atoms with Gasteiger partial charge in [-0.2, -0.15) is 0 Å². The molecular weight excluding hydrogens is 282 g/mol. The predicted octanol–water partition coefficient (Wildman–Crippen LogP) is 0.823. The van der Waals surface area contributed by atoms with Crippen molar-refractivity contribution >= 4 is 17.4 Å². The summed E-state index contributed by atoms with van der Waals surface area (Å²) in [7, 11) is 0. The van der Waals surface area contributed by atoms with E-state index in [-0.39, 0.29) is 23.6 Å². The molecule has 114 valence electrons. The number of nitrogens with two attached hydrogens (primary N) is 3. The second-order valence-electron chi connectivity index (χ2n) is 4.67. The smallest absolute Gasteiger partial charge is 0.325 e. The normalized spacial score (nSPS) is 10.3. The molecule has 0 fully saturated rings. The highest BCUT2D eigenvalue weighted by molar-refractivity contribution is 6.11. The Morgan fingerprint density at radius 2 is 1.82 bits per heavy atom. The monoisotopic (exact) mass is 299 g/mol. The molecule has 0 bridgehead atoms. The molecule has 0 aliphatic heterocycles. The van der Waals surface area contributed by atoms with Crippen molar-refractivity contribution in [2.45, 2.75) is 6.54 Å². The van der Waals surface area contributed by atoms with Crippen LogP contribution in [0.2, 0.25) is 0 Å². The Kier molecular flexibility index (Phi) is 4.88. The lowest BCUT2D eigenvalue weighted by Crippen LogP contribution is -2.20. The molecule has 0 heterocycles. The SMILES string of the molecule is NCC(=O)Oc1ccc(N)cc1C(=O)c1cccc(CN)c1. The summed E-state index contributed by atoms with van der Waals surface area (Å²) in [5.74, 6) is -0.801. The van der Waals surface area contributed by atoms with Gasteiger partial charge in [-0.15, -0.1) is 0 Å². The van der Waals surface area contributed by atoms with Crippen LogP contribution in [0.25, 0.3) is 0 Å². The first-order chi connectivity index (χ1) is 10.5. The average molecular weight is 299 g/mol. The summed E-state index contributed by atoms with van der Waals surface area (Å²) in [6.45, 7) is 0.0493. The van der Waals surface area contributed by atoms with E-state index in [2.05, 4.69) is 0 Å². The molecule has 0 amide bonds. The maximum Gasteiger partial charge on any atom is 0.325 e. The van der Waals surface area contributed by atoms with Crippen molar-refractivity contribution in [3.05, 3.63) is 59.2 Å². The molecule has 0 saturated heterocycles. The first kappa shape index (κ1) is 15.7. The van der Waals surface area contributed by atoms with Gasteiger partial charge in [0.2, 0.25) is 0 Å². The predicted molar refractivity (Wildman–Crippen MR) is 83.3 cm³/mol. The van der Waals surface area contributed by atoms with E-state index in [4.69, 9.17) is 21.9 Å². The molecule has 22 heavy (non-hydrogen) atoms. The third-order valence-electron chi connectivity index (χ3n) is 3.06. The molecule has 0 aliphatic rings. The van der Waals surface area contributed by atoms with Crippen LogP contribution in [-0.4, -0.2) is 18.3 Å². The van der Waals surface area contributed by atoms with Crippen LogP contribution in [0, 0.1) is 0 Å². The molecule has 2 aromatic carbocycles. The standard InChI is InChI=1S/C16H17N3O3/c17-8-10-2-1-3-11(6-10)16(21)13-7-12(19)4-5-14(13)22-15(20)9-18/h1-7H,8-9,17-19H2. The minimum atomic E-state index is -0.630. The number of benzene rings is 2. The molecule has 6 heteroatoms. The summed E-state index contributed by atoms with van der Waals surface area (Å²) in [5, 5.41) is 0. The lowest BCUT2D eigenvalue weighted by molar-refractivity contribution is -0.132. The van der Waals surface area contributed by atoms with Crippen LogP contribution in [0.1, 0.15) is 21.5 Å². The Morgan fingerprint density at radius 1 is 1.05 bits per heavy atom. The van der Waals surface area contributed by atoms with E-state index in [1.807, 2.05) is 6.07 Å². The van der Waals surface area contributed by atoms with E-state index in [9.17, 15) is 9.59 Å². The van der Waals surface area contributed by atoms with Gasteiger partial charge in [0, 0.05) is 17.8 Å². The van der Waals surface area contributed by atoms with Gasteiger partial charge < -0.3 is 21.9 Å². The maximum atomic E-state index is 12.6. The van der Waals surface area contributed by atoms with Crippen molar-refractivity contribution in [1.29, 1.82) is 0 Å². The zero-order chi connectivity index (χ0) is 16.1. The molecule has 0 aliphatic carbocycles. The molecule has 0 spiro atoms. The molecule has 6 nitrogen and oxygen atoms in total. The van der Waals surface area contributed by atoms with Crippen molar-refractivity contribution in [2.24, 2.45) is 11.5 Å². The van der Waals surface area contributed by atoms with Crippen molar-refractivity contribution in [3.63, 3.8) is 0 Å². The summed E-state index contributed by atoms with van der Waals surface area (Å²) in [6, 6.07) is 11.4. The summed E-state index contributed by atoms with van der Waals surface area (Å²) in [5.41, 5.74) is 18.4. The Hall–Kier alpha value is -2.70. The maximum absolute atomic E-state index is 12.6. The first-order valence-corrected chi connectivity index (χ1v) is 6.69. The fourth-order valence-corrected chi connectivity index (χ4v) is 1.97. The van der Waals surface area contributed by atoms with E-state index in [0.717, 1.165) is 5.56 Å². The molecule has 0 saturated carbocycles. The Bertz CT molecular complexity index is 714. The second-order valence-corrected chi connectivity index (χ2v) is 4.67. The topological polar surface area (TPSA) is 121 Å². The molecule has 6 N–H and O–H groups in total. The zero-order valence-electron chi connectivity index (χ0n) is 11.9. The van der Waals surface area contributed by atoms with Crippen LogP contribution >= 0.6 is 0 Å². The van der Waals surface area contributed by atoms with E-state index >= 15 is 0 Å². The largest absolute Gasteiger partial charge is 0.425 e. The van der Waals surface area contributed by atoms with E-state index in [1.165, 1.54) is 12.1 Å². The number of hydrogen-bond donors (Lipinski definition) is 3. The number of anilines is 1. The fraction of sp³-hybridized carbons (Fsp3) is 0.125. The van der Waals surface area contributed by atoms with Crippen molar-refractivity contribution in [1.82, 2.24) is 0 Å². The van der Waals surface area contributed by atoms with Crippen molar-refractivity contribution < 1.29 is 14.3 Å². The van der Waals surface area contributed by atoms with Crippen LogP contribution in [0.15, 0.2) is 42.5 Å². The van der Waals surface area contributed by atoms with Gasteiger partial charge >= 0.3 is 5.97 Å². The Labute approximate surface area is 127 Å². The second kappa shape index (κ2) is 6.84. The lowest BCUT2D eigenvalue weighted by Gasteiger charge is -2.10. The number of esters is 1. The highest BCUT2D eigenvalue weighted by Crippen LogP contribution is 2.25. The van der Waals surface area contributed by atoms with Gasteiger partial charge in [0.05, 0.1) is 12.1 Å². The van der Waals surface area contributed by atoms with E-state index < -0.39 is 5.97 Å². The van der Waals surface area contributed by atoms with Crippen LogP contribution in [0.5, 0.6) is 5.75 Å². The number of carbonyl (C=O) groups is 2. The van der Waals surface area contributed by atoms with E-state index in [1.54, 1.807) is 24.3 Å². The van der Waals surface area contributed by atoms with Gasteiger partial charge in [0.25, 0.3) is 0 Å². The molecule has 0 radical (unpaired) electrons. The van der Waals surface area contributed by atoms with Gasteiger partial charge in [-0.25, -0.2) is 0 Å². The molecule has 0 unspecified atom stereocenters. The number of rotatable bonds is 5. The first-order valence-electron chi connectivity index (χ1n) is 6.69. The van der Waals surface area contributed by atoms with Gasteiger partial charge in [-0.3, -0.25) is 9.59 Å². The summed E-state index contributed by atoms with van der Waals surface area (Å²) in [6.07, 6.45) is 0. The number of ether oxygens (including phenoxy) is 1. The van der Waals surface area contributed by atoms with Crippen molar-refractivity contribution in [3.8, 4) is 5.75 Å². The minimum Gasteiger partial charge on any atom is -0.425 e. The average Bonchev–Trinajstić information content (AvgIpc) is 2.55. The van der Waals surface area contributed by atoms with Gasteiger partial charge in [-0.05, 0) is 29.8 Å². The van der Waals surface area contributed by atoms with Crippen molar-refractivity contribution in [2.75, 3.05) is 12.3 Å². The fourth-order valence-electron chi connectivity index (χ4n) is 1.97. The number of hydrogen-bond acceptors (Lipinski definition) is 6. The highest BCUT2D eigenvalue weighted by atomic mass is 16.5. The van der Waals surface area contributed by atoms with Crippen LogP contribution in [0.4, 0.5) is 5.69 Å². The number of ketones is 1. The number of nitrogen functional groups attached to an aromatic ring is 1.